The van der Waals surface area contributed by atoms with Gasteiger partial charge >= 0.3 is 0 Å². The molecule has 2 aliphatic heterocycles. The zero-order valence-electron chi connectivity index (χ0n) is 19.1. The summed E-state index contributed by atoms with van der Waals surface area (Å²) in [6.45, 7) is 7.30. The van der Waals surface area contributed by atoms with Crippen LogP contribution < -0.4 is 10.3 Å². The summed E-state index contributed by atoms with van der Waals surface area (Å²) in [5.74, 6) is 1.51. The Bertz CT molecular complexity index is 1230. The van der Waals surface area contributed by atoms with E-state index in [1.165, 1.54) is 0 Å². The minimum atomic E-state index is -0.224. The number of benzene rings is 1. The smallest absolute Gasteiger partial charge is 0.271 e. The standard InChI is InChI=1S/C25H28N4O3S/c1-16-27-23-21(24(30)28-29(23)19-9-11-32-25(2,3)13-19)22(33-16)18-7-4-8-20(12-18)31-15-17-6-5-10-26-14-17/h4-8,10,12,14,19,22H,9,11,13,15H2,1-3H3,(H,28,30)/t19-,22-/m0/s1. The molecule has 0 saturated carbocycles. The Morgan fingerprint density at radius 2 is 2.18 bits per heavy atom. The normalized spacial score (nSPS) is 21.8. The molecule has 3 aromatic rings. The Hall–Kier alpha value is -2.84. The summed E-state index contributed by atoms with van der Waals surface area (Å²) in [6.07, 6.45) is 5.22. The number of rotatable bonds is 5. The van der Waals surface area contributed by atoms with Gasteiger partial charge in [-0.1, -0.05) is 30.0 Å². The van der Waals surface area contributed by atoms with Gasteiger partial charge in [-0.25, -0.2) is 4.99 Å². The quantitative estimate of drug-likeness (QED) is 0.564. The molecule has 0 spiro atoms. The first-order valence-corrected chi connectivity index (χ1v) is 12.1. The molecule has 172 valence electrons. The van der Waals surface area contributed by atoms with Crippen LogP contribution in [0.2, 0.25) is 0 Å². The van der Waals surface area contributed by atoms with Crippen molar-refractivity contribution in [3.05, 3.63) is 75.8 Å². The van der Waals surface area contributed by atoms with Crippen LogP contribution in [0.3, 0.4) is 0 Å². The van der Waals surface area contributed by atoms with E-state index in [0.717, 1.165) is 40.6 Å². The van der Waals surface area contributed by atoms with E-state index in [1.54, 1.807) is 24.2 Å². The van der Waals surface area contributed by atoms with E-state index in [0.29, 0.717) is 18.8 Å². The lowest BCUT2D eigenvalue weighted by Gasteiger charge is -2.36. The van der Waals surface area contributed by atoms with E-state index in [9.17, 15) is 4.79 Å². The second kappa shape index (κ2) is 8.83. The fraction of sp³-hybridized carbons (Fsp3) is 0.400. The van der Waals surface area contributed by atoms with Crippen LogP contribution in [-0.2, 0) is 11.3 Å². The van der Waals surface area contributed by atoms with Gasteiger partial charge in [-0.2, -0.15) is 0 Å². The number of pyridine rings is 1. The molecule has 0 aliphatic carbocycles. The van der Waals surface area contributed by atoms with E-state index in [1.807, 2.05) is 48.0 Å². The van der Waals surface area contributed by atoms with Crippen molar-refractivity contribution in [2.24, 2.45) is 4.99 Å². The van der Waals surface area contributed by atoms with Gasteiger partial charge in [0.1, 0.15) is 12.4 Å². The highest BCUT2D eigenvalue weighted by Gasteiger charge is 2.35. The monoisotopic (exact) mass is 464 g/mol. The predicted octanol–water partition coefficient (Wildman–Crippen LogP) is 5.17. The van der Waals surface area contributed by atoms with Gasteiger partial charge < -0.3 is 9.47 Å². The lowest BCUT2D eigenvalue weighted by Crippen LogP contribution is -2.35. The van der Waals surface area contributed by atoms with Crippen LogP contribution in [0, 0.1) is 0 Å². The maximum atomic E-state index is 13.1. The van der Waals surface area contributed by atoms with Crippen LogP contribution in [0.25, 0.3) is 0 Å². The molecule has 4 heterocycles. The summed E-state index contributed by atoms with van der Waals surface area (Å²) in [7, 11) is 0. The van der Waals surface area contributed by atoms with Crippen molar-refractivity contribution < 1.29 is 9.47 Å². The van der Waals surface area contributed by atoms with Gasteiger partial charge in [-0.05, 0) is 57.4 Å². The van der Waals surface area contributed by atoms with E-state index in [-0.39, 0.29) is 22.5 Å². The van der Waals surface area contributed by atoms with E-state index in [2.05, 4.69) is 23.9 Å². The van der Waals surface area contributed by atoms with E-state index >= 15 is 0 Å². The summed E-state index contributed by atoms with van der Waals surface area (Å²) in [5, 5.41) is 3.89. The Kier molecular flexibility index (Phi) is 5.88. The molecule has 2 aliphatic rings. The maximum Gasteiger partial charge on any atom is 0.271 e. The molecular weight excluding hydrogens is 436 g/mol. The second-order valence-electron chi connectivity index (χ2n) is 9.15. The van der Waals surface area contributed by atoms with Crippen LogP contribution in [0.5, 0.6) is 5.75 Å². The lowest BCUT2D eigenvalue weighted by molar-refractivity contribution is -0.0705. The highest BCUT2D eigenvalue weighted by molar-refractivity contribution is 8.14. The van der Waals surface area contributed by atoms with E-state index < -0.39 is 0 Å². The molecule has 2 atom stereocenters. The molecule has 0 amide bonds. The maximum absolute atomic E-state index is 13.1. The number of H-pyrrole nitrogens is 1. The number of aromatic nitrogens is 3. The van der Waals surface area contributed by atoms with Crippen molar-refractivity contribution in [1.82, 2.24) is 14.8 Å². The highest BCUT2D eigenvalue weighted by atomic mass is 32.2. The van der Waals surface area contributed by atoms with Gasteiger partial charge in [-0.3, -0.25) is 19.6 Å². The zero-order valence-corrected chi connectivity index (χ0v) is 19.9. The molecule has 1 aromatic carbocycles. The highest BCUT2D eigenvalue weighted by Crippen LogP contribution is 2.46. The van der Waals surface area contributed by atoms with Crippen molar-refractivity contribution in [2.45, 2.75) is 57.1 Å². The van der Waals surface area contributed by atoms with Crippen molar-refractivity contribution in [3.63, 3.8) is 0 Å². The molecule has 1 N–H and O–H groups in total. The Morgan fingerprint density at radius 3 is 2.97 bits per heavy atom. The number of fused-ring (bicyclic) bond motifs is 1. The third-order valence-electron chi connectivity index (χ3n) is 6.08. The third kappa shape index (κ3) is 4.63. The summed E-state index contributed by atoms with van der Waals surface area (Å²) >= 11 is 1.61. The van der Waals surface area contributed by atoms with Gasteiger partial charge in [0, 0.05) is 24.6 Å². The molecule has 1 saturated heterocycles. The van der Waals surface area contributed by atoms with Gasteiger partial charge in [-0.15, -0.1) is 0 Å². The average molecular weight is 465 g/mol. The van der Waals surface area contributed by atoms with Crippen molar-refractivity contribution in [2.75, 3.05) is 6.61 Å². The molecule has 2 aromatic heterocycles. The zero-order chi connectivity index (χ0) is 23.0. The third-order valence-corrected chi connectivity index (χ3v) is 7.25. The van der Waals surface area contributed by atoms with Gasteiger partial charge in [0.2, 0.25) is 0 Å². The number of aromatic amines is 1. The van der Waals surface area contributed by atoms with Gasteiger partial charge in [0.25, 0.3) is 5.56 Å². The SMILES string of the molecule is CC1=Nc2c(c(=O)[nH]n2[C@H]2CCOC(C)(C)C2)[C@H](c2cccc(OCc3cccnc3)c2)S1. The molecule has 7 nitrogen and oxygen atoms in total. The number of nitrogens with one attached hydrogen (secondary N) is 1. The Morgan fingerprint density at radius 1 is 1.30 bits per heavy atom. The first kappa shape index (κ1) is 22.0. The number of ether oxygens (including phenoxy) is 2. The van der Waals surface area contributed by atoms with Gasteiger partial charge in [0.15, 0.2) is 5.82 Å². The van der Waals surface area contributed by atoms with Crippen molar-refractivity contribution in [1.29, 1.82) is 0 Å². The average Bonchev–Trinajstić information content (AvgIpc) is 3.13. The van der Waals surface area contributed by atoms with Crippen LogP contribution >= 0.6 is 11.8 Å². The number of aliphatic imine (C=N–C) groups is 1. The molecule has 1 fully saturated rings. The summed E-state index contributed by atoms with van der Waals surface area (Å²) in [4.78, 5) is 22.1. The fourth-order valence-corrected chi connectivity index (χ4v) is 5.64. The van der Waals surface area contributed by atoms with Crippen LogP contribution in [0.1, 0.15) is 61.6 Å². The van der Waals surface area contributed by atoms with Crippen LogP contribution in [0.15, 0.2) is 58.6 Å². The summed E-state index contributed by atoms with van der Waals surface area (Å²) in [5.41, 5.74) is 2.44. The fourth-order valence-electron chi connectivity index (χ4n) is 4.55. The first-order valence-electron chi connectivity index (χ1n) is 11.2. The number of hydrogen-bond acceptors (Lipinski definition) is 6. The van der Waals surface area contributed by atoms with Crippen LogP contribution in [-0.4, -0.2) is 32.0 Å². The Labute approximate surface area is 197 Å². The largest absolute Gasteiger partial charge is 0.489 e. The van der Waals surface area contributed by atoms with Crippen molar-refractivity contribution in [3.8, 4) is 5.75 Å². The molecule has 5 rings (SSSR count). The second-order valence-corrected chi connectivity index (χ2v) is 10.5. The summed E-state index contributed by atoms with van der Waals surface area (Å²) in [6, 6.07) is 12.0. The Balaban J connectivity index is 1.45. The molecule has 0 radical (unpaired) electrons. The molecule has 0 bridgehead atoms. The number of hydrogen-bond donors (Lipinski definition) is 1. The summed E-state index contributed by atoms with van der Waals surface area (Å²) < 4.78 is 13.9. The molecule has 0 unspecified atom stereocenters. The number of thioether (sulfide) groups is 1. The molecule has 33 heavy (non-hydrogen) atoms. The van der Waals surface area contributed by atoms with E-state index in [4.69, 9.17) is 14.5 Å². The minimum Gasteiger partial charge on any atom is -0.489 e. The topological polar surface area (TPSA) is 81.5 Å². The van der Waals surface area contributed by atoms with Gasteiger partial charge in [0.05, 0.1) is 27.5 Å². The molecule has 8 heteroatoms. The first-order chi connectivity index (χ1) is 15.9. The molecular formula is C25H28N4O3S. The predicted molar refractivity (Wildman–Crippen MR) is 131 cm³/mol. The van der Waals surface area contributed by atoms with Crippen LogP contribution in [0.4, 0.5) is 5.82 Å². The lowest BCUT2D eigenvalue weighted by atomic mass is 9.94. The number of nitrogens with zero attached hydrogens (tertiary/aromatic N) is 3. The minimum absolute atomic E-state index is 0.0790. The van der Waals surface area contributed by atoms with Crippen molar-refractivity contribution >= 4 is 22.6 Å².